The van der Waals surface area contributed by atoms with Crippen molar-refractivity contribution in [3.8, 4) is 0 Å². The number of halogens is 1. The van der Waals surface area contributed by atoms with Crippen molar-refractivity contribution >= 4 is 23.3 Å². The van der Waals surface area contributed by atoms with Crippen LogP contribution < -0.4 is 5.32 Å². The molecule has 1 aliphatic carbocycles. The fraction of sp³-hybridized carbons (Fsp3) is 0.294. The fourth-order valence-electron chi connectivity index (χ4n) is 2.89. The van der Waals surface area contributed by atoms with Gasteiger partial charge >= 0.3 is 5.97 Å². The van der Waals surface area contributed by atoms with Crippen LogP contribution in [0.25, 0.3) is 0 Å². The zero-order valence-electron chi connectivity index (χ0n) is 12.1. The summed E-state index contributed by atoms with van der Waals surface area (Å²) >= 11 is 6.11. The van der Waals surface area contributed by atoms with Gasteiger partial charge in [-0.05, 0) is 42.7 Å². The molecule has 22 heavy (non-hydrogen) atoms. The Bertz CT molecular complexity index is 681. The van der Waals surface area contributed by atoms with Crippen molar-refractivity contribution in [2.75, 3.05) is 11.9 Å². The average Bonchev–Trinajstić information content (AvgIpc) is 2.47. The maximum atomic E-state index is 10.8. The van der Waals surface area contributed by atoms with Crippen LogP contribution in [0.4, 0.5) is 5.69 Å². The second-order valence-corrected chi connectivity index (χ2v) is 6.17. The van der Waals surface area contributed by atoms with E-state index in [1.807, 2.05) is 18.2 Å². The van der Waals surface area contributed by atoms with Crippen LogP contribution in [0.3, 0.4) is 0 Å². The summed E-state index contributed by atoms with van der Waals surface area (Å²) in [6.45, 7) is 0.793. The molecule has 0 unspecified atom stereocenters. The van der Waals surface area contributed by atoms with Crippen molar-refractivity contribution in [2.45, 2.75) is 24.7 Å². The summed E-state index contributed by atoms with van der Waals surface area (Å²) in [5.74, 6) is -1.01. The molecule has 0 saturated heterocycles. The van der Waals surface area contributed by atoms with Crippen molar-refractivity contribution in [3.63, 3.8) is 0 Å². The molecule has 1 saturated carbocycles. The molecule has 1 heterocycles. The van der Waals surface area contributed by atoms with Crippen LogP contribution in [0, 0.1) is 0 Å². The minimum atomic E-state index is -1.01. The quantitative estimate of drug-likeness (QED) is 0.876. The number of carbonyl (C=O) groups is 1. The number of rotatable bonds is 5. The first-order valence-corrected chi connectivity index (χ1v) is 7.66. The van der Waals surface area contributed by atoms with Crippen LogP contribution in [0.5, 0.6) is 0 Å². The number of hydrogen-bond acceptors (Lipinski definition) is 3. The molecule has 2 aromatic rings. The standard InChI is InChI=1S/C17H17ClN2O2/c18-13-4-1-3-12(9-13)17(7-2-8-17)11-20-14-5-6-15(16(21)22)19-10-14/h1,3-6,9-10,20H,2,7-8,11H2,(H,21,22). The summed E-state index contributed by atoms with van der Waals surface area (Å²) in [5, 5.41) is 13.0. The van der Waals surface area contributed by atoms with Gasteiger partial charge in [0.1, 0.15) is 5.69 Å². The van der Waals surface area contributed by atoms with Crippen LogP contribution >= 0.6 is 11.6 Å². The lowest BCUT2D eigenvalue weighted by Gasteiger charge is -2.43. The number of pyridine rings is 1. The number of nitrogens with one attached hydrogen (secondary N) is 1. The molecule has 1 aromatic heterocycles. The predicted molar refractivity (Wildman–Crippen MR) is 86.7 cm³/mol. The third-order valence-electron chi connectivity index (χ3n) is 4.36. The Kier molecular flexibility index (Phi) is 4.03. The van der Waals surface area contributed by atoms with Crippen LogP contribution in [0.2, 0.25) is 5.02 Å². The topological polar surface area (TPSA) is 62.2 Å². The van der Waals surface area contributed by atoms with Gasteiger partial charge in [-0.2, -0.15) is 0 Å². The molecule has 0 bridgehead atoms. The van der Waals surface area contributed by atoms with E-state index in [0.29, 0.717) is 0 Å². The van der Waals surface area contributed by atoms with Crippen LogP contribution in [0.15, 0.2) is 42.6 Å². The first kappa shape index (κ1) is 14.9. The first-order chi connectivity index (χ1) is 10.6. The Morgan fingerprint density at radius 1 is 1.32 bits per heavy atom. The summed E-state index contributed by atoms with van der Waals surface area (Å²) in [6.07, 6.45) is 5.03. The predicted octanol–water partition coefficient (Wildman–Crippen LogP) is 3.97. The smallest absolute Gasteiger partial charge is 0.354 e. The van der Waals surface area contributed by atoms with Crippen molar-refractivity contribution in [1.29, 1.82) is 0 Å². The van der Waals surface area contributed by atoms with Gasteiger partial charge in [0.25, 0.3) is 0 Å². The Morgan fingerprint density at radius 3 is 2.68 bits per heavy atom. The van der Waals surface area contributed by atoms with Gasteiger partial charge in [0.2, 0.25) is 0 Å². The molecule has 5 heteroatoms. The molecule has 114 valence electrons. The van der Waals surface area contributed by atoms with Crippen LogP contribution in [-0.2, 0) is 5.41 Å². The molecule has 4 nitrogen and oxygen atoms in total. The molecule has 0 atom stereocenters. The lowest BCUT2D eigenvalue weighted by Crippen LogP contribution is -2.41. The van der Waals surface area contributed by atoms with Gasteiger partial charge in [0.05, 0.1) is 11.9 Å². The number of carboxylic acids is 1. The number of hydrogen-bond donors (Lipinski definition) is 2. The second kappa shape index (κ2) is 5.97. The third-order valence-corrected chi connectivity index (χ3v) is 4.60. The molecule has 0 radical (unpaired) electrons. The van der Waals surface area contributed by atoms with Gasteiger partial charge in [-0.25, -0.2) is 9.78 Å². The highest BCUT2D eigenvalue weighted by molar-refractivity contribution is 6.30. The zero-order chi connectivity index (χ0) is 15.6. The van der Waals surface area contributed by atoms with E-state index in [4.69, 9.17) is 16.7 Å². The molecule has 0 amide bonds. The number of nitrogens with zero attached hydrogens (tertiary/aromatic N) is 1. The molecule has 1 aliphatic rings. The highest BCUT2D eigenvalue weighted by Crippen LogP contribution is 2.44. The molecular weight excluding hydrogens is 300 g/mol. The summed E-state index contributed by atoms with van der Waals surface area (Å²) in [5.41, 5.74) is 2.25. The number of anilines is 1. The van der Waals surface area contributed by atoms with Crippen molar-refractivity contribution in [1.82, 2.24) is 4.98 Å². The maximum absolute atomic E-state index is 10.8. The molecular formula is C17H17ClN2O2. The average molecular weight is 317 g/mol. The Labute approximate surface area is 134 Å². The van der Waals surface area contributed by atoms with Crippen molar-refractivity contribution < 1.29 is 9.90 Å². The molecule has 2 N–H and O–H groups in total. The number of carboxylic acid groups (broad SMARTS) is 1. The Morgan fingerprint density at radius 2 is 2.14 bits per heavy atom. The minimum absolute atomic E-state index is 0.0544. The van der Waals surface area contributed by atoms with E-state index in [9.17, 15) is 4.79 Å². The van der Waals surface area contributed by atoms with Crippen LogP contribution in [-0.4, -0.2) is 22.6 Å². The monoisotopic (exact) mass is 316 g/mol. The third kappa shape index (κ3) is 2.92. The van der Waals surface area contributed by atoms with Gasteiger partial charge in [-0.15, -0.1) is 0 Å². The SMILES string of the molecule is O=C(O)c1ccc(NCC2(c3cccc(Cl)c3)CCC2)cn1. The highest BCUT2D eigenvalue weighted by atomic mass is 35.5. The molecule has 1 aromatic carbocycles. The van der Waals surface area contributed by atoms with Crippen molar-refractivity contribution in [3.05, 3.63) is 58.9 Å². The lowest BCUT2D eigenvalue weighted by molar-refractivity contribution is 0.0690. The minimum Gasteiger partial charge on any atom is -0.477 e. The summed E-state index contributed by atoms with van der Waals surface area (Å²) < 4.78 is 0. The van der Waals surface area contributed by atoms with Crippen molar-refractivity contribution in [2.24, 2.45) is 0 Å². The number of benzene rings is 1. The Balaban J connectivity index is 1.72. The fourth-order valence-corrected chi connectivity index (χ4v) is 3.08. The van der Waals surface area contributed by atoms with E-state index in [2.05, 4.69) is 16.4 Å². The van der Waals surface area contributed by atoms with E-state index in [-0.39, 0.29) is 11.1 Å². The van der Waals surface area contributed by atoms with Gasteiger partial charge in [0.15, 0.2) is 0 Å². The Hall–Kier alpha value is -2.07. The van der Waals surface area contributed by atoms with E-state index >= 15 is 0 Å². The normalized spacial score (nSPS) is 15.9. The number of aromatic nitrogens is 1. The first-order valence-electron chi connectivity index (χ1n) is 7.28. The van der Waals surface area contributed by atoms with Crippen LogP contribution in [0.1, 0.15) is 35.3 Å². The van der Waals surface area contributed by atoms with E-state index in [0.717, 1.165) is 30.1 Å². The molecule has 0 spiro atoms. The second-order valence-electron chi connectivity index (χ2n) is 5.74. The summed E-state index contributed by atoms with van der Waals surface area (Å²) in [7, 11) is 0. The molecule has 0 aliphatic heterocycles. The van der Waals surface area contributed by atoms with Gasteiger partial charge in [-0.3, -0.25) is 0 Å². The van der Waals surface area contributed by atoms with E-state index in [1.54, 1.807) is 12.3 Å². The summed E-state index contributed by atoms with van der Waals surface area (Å²) in [4.78, 5) is 14.7. The van der Waals surface area contributed by atoms with E-state index < -0.39 is 5.97 Å². The van der Waals surface area contributed by atoms with E-state index in [1.165, 1.54) is 18.1 Å². The largest absolute Gasteiger partial charge is 0.477 e. The maximum Gasteiger partial charge on any atom is 0.354 e. The molecule has 1 fully saturated rings. The van der Waals surface area contributed by atoms with Gasteiger partial charge < -0.3 is 10.4 Å². The lowest BCUT2D eigenvalue weighted by atomic mass is 9.64. The number of aromatic carboxylic acids is 1. The molecule has 3 rings (SSSR count). The zero-order valence-corrected chi connectivity index (χ0v) is 12.8. The van der Waals surface area contributed by atoms with Gasteiger partial charge in [-0.1, -0.05) is 30.2 Å². The highest BCUT2D eigenvalue weighted by Gasteiger charge is 2.38. The van der Waals surface area contributed by atoms with Gasteiger partial charge in [0, 0.05) is 17.0 Å². The summed E-state index contributed by atoms with van der Waals surface area (Å²) in [6, 6.07) is 11.3.